The molecule has 0 unspecified atom stereocenters. The van der Waals surface area contributed by atoms with Crippen molar-refractivity contribution in [2.24, 2.45) is 0 Å². The number of methoxy groups -OCH3 is 3. The summed E-state index contributed by atoms with van der Waals surface area (Å²) in [5.41, 5.74) is 3.86. The molecule has 0 spiro atoms. The molecular formula is C22H19N7O3. The molecule has 5 rings (SSSR count). The van der Waals surface area contributed by atoms with Crippen LogP contribution in [0.2, 0.25) is 0 Å². The molecule has 0 fully saturated rings. The van der Waals surface area contributed by atoms with Gasteiger partial charge >= 0.3 is 0 Å². The van der Waals surface area contributed by atoms with Gasteiger partial charge in [-0.05, 0) is 36.1 Å². The molecule has 1 aliphatic heterocycles. The van der Waals surface area contributed by atoms with Crippen molar-refractivity contribution in [3.63, 3.8) is 0 Å². The van der Waals surface area contributed by atoms with Gasteiger partial charge in [0.2, 0.25) is 5.88 Å². The minimum Gasteiger partial charge on any atom is -0.497 e. The van der Waals surface area contributed by atoms with Gasteiger partial charge in [-0.15, -0.1) is 20.4 Å². The van der Waals surface area contributed by atoms with Crippen LogP contribution < -0.4 is 9.47 Å². The Balaban J connectivity index is 1.64. The van der Waals surface area contributed by atoms with Crippen LogP contribution in [0, 0.1) is 11.8 Å². The number of nitrogens with zero attached hydrogens (tertiary/aromatic N) is 7. The Kier molecular flexibility index (Phi) is 5.01. The summed E-state index contributed by atoms with van der Waals surface area (Å²) in [5.74, 6) is 8.76. The van der Waals surface area contributed by atoms with Gasteiger partial charge in [0.15, 0.2) is 11.6 Å². The van der Waals surface area contributed by atoms with E-state index >= 15 is 0 Å². The van der Waals surface area contributed by atoms with Crippen molar-refractivity contribution in [3.8, 4) is 40.5 Å². The summed E-state index contributed by atoms with van der Waals surface area (Å²) in [6, 6.07) is 9.30. The Bertz CT molecular complexity index is 1350. The van der Waals surface area contributed by atoms with Crippen LogP contribution in [0.4, 0.5) is 0 Å². The maximum atomic E-state index is 5.44. The molecule has 1 aliphatic rings. The first-order valence-corrected chi connectivity index (χ1v) is 9.77. The SMILES string of the molecule is COCc1nnc2n1Cc1c(C#Cc3ccc(OC)nn3)ncn1-c1ccc(OC)cc1-2. The number of benzene rings is 1. The van der Waals surface area contributed by atoms with Gasteiger partial charge in [-0.2, -0.15) is 0 Å². The Hall–Kier alpha value is -4.23. The molecule has 0 aliphatic carbocycles. The van der Waals surface area contributed by atoms with Crippen molar-refractivity contribution in [3.05, 3.63) is 59.6 Å². The normalized spacial score (nSPS) is 11.5. The van der Waals surface area contributed by atoms with Crippen molar-refractivity contribution >= 4 is 0 Å². The number of imidazole rings is 1. The van der Waals surface area contributed by atoms with E-state index in [1.165, 1.54) is 0 Å². The molecule has 0 saturated carbocycles. The Labute approximate surface area is 183 Å². The highest BCUT2D eigenvalue weighted by atomic mass is 16.5. The van der Waals surface area contributed by atoms with Crippen molar-refractivity contribution < 1.29 is 14.2 Å². The van der Waals surface area contributed by atoms with Crippen LogP contribution in [0.3, 0.4) is 0 Å². The first-order chi connectivity index (χ1) is 15.7. The Morgan fingerprint density at radius 1 is 0.969 bits per heavy atom. The second-order valence-electron chi connectivity index (χ2n) is 6.96. The average molecular weight is 429 g/mol. The van der Waals surface area contributed by atoms with Crippen LogP contribution in [0.25, 0.3) is 17.1 Å². The molecule has 4 heterocycles. The predicted octanol–water partition coefficient (Wildman–Crippen LogP) is 1.85. The second-order valence-corrected chi connectivity index (χ2v) is 6.96. The first kappa shape index (κ1) is 19.7. The second kappa shape index (κ2) is 8.13. The minimum absolute atomic E-state index is 0.336. The van der Waals surface area contributed by atoms with Gasteiger partial charge in [-0.3, -0.25) is 4.57 Å². The maximum Gasteiger partial charge on any atom is 0.233 e. The van der Waals surface area contributed by atoms with E-state index in [9.17, 15) is 0 Å². The fourth-order valence-corrected chi connectivity index (χ4v) is 3.57. The van der Waals surface area contributed by atoms with Crippen molar-refractivity contribution in [2.75, 3.05) is 21.3 Å². The molecule has 0 radical (unpaired) electrons. The van der Waals surface area contributed by atoms with E-state index < -0.39 is 0 Å². The molecule has 3 aromatic heterocycles. The number of aromatic nitrogens is 7. The van der Waals surface area contributed by atoms with Gasteiger partial charge in [-0.1, -0.05) is 0 Å². The fraction of sp³-hybridized carbons (Fsp3) is 0.227. The third-order valence-electron chi connectivity index (χ3n) is 5.14. The molecule has 32 heavy (non-hydrogen) atoms. The van der Waals surface area contributed by atoms with Gasteiger partial charge < -0.3 is 18.8 Å². The summed E-state index contributed by atoms with van der Waals surface area (Å²) >= 11 is 0. The van der Waals surface area contributed by atoms with Crippen LogP contribution in [0.1, 0.15) is 22.9 Å². The number of hydrogen-bond acceptors (Lipinski definition) is 8. The number of ether oxygens (including phenoxy) is 3. The highest BCUT2D eigenvalue weighted by molar-refractivity contribution is 5.71. The zero-order valence-corrected chi connectivity index (χ0v) is 17.7. The van der Waals surface area contributed by atoms with Gasteiger partial charge in [0, 0.05) is 18.7 Å². The van der Waals surface area contributed by atoms with Crippen LogP contribution in [0.5, 0.6) is 11.6 Å². The molecule has 0 N–H and O–H groups in total. The molecule has 160 valence electrons. The quantitative estimate of drug-likeness (QED) is 0.399. The lowest BCUT2D eigenvalue weighted by Crippen LogP contribution is -2.09. The van der Waals surface area contributed by atoms with Crippen molar-refractivity contribution in [1.29, 1.82) is 0 Å². The van der Waals surface area contributed by atoms with Gasteiger partial charge in [-0.25, -0.2) is 4.98 Å². The van der Waals surface area contributed by atoms with E-state index in [0.29, 0.717) is 36.2 Å². The Morgan fingerprint density at radius 2 is 1.88 bits per heavy atom. The zero-order valence-electron chi connectivity index (χ0n) is 17.7. The first-order valence-electron chi connectivity index (χ1n) is 9.77. The summed E-state index contributed by atoms with van der Waals surface area (Å²) in [4.78, 5) is 4.56. The highest BCUT2D eigenvalue weighted by Crippen LogP contribution is 2.34. The summed E-state index contributed by atoms with van der Waals surface area (Å²) < 4.78 is 19.8. The average Bonchev–Trinajstić information content (AvgIpc) is 3.39. The largest absolute Gasteiger partial charge is 0.497 e. The van der Waals surface area contributed by atoms with Crippen LogP contribution >= 0.6 is 0 Å². The third-order valence-corrected chi connectivity index (χ3v) is 5.14. The van der Waals surface area contributed by atoms with Crippen LogP contribution in [0.15, 0.2) is 36.7 Å². The van der Waals surface area contributed by atoms with E-state index in [4.69, 9.17) is 14.2 Å². The van der Waals surface area contributed by atoms with E-state index in [-0.39, 0.29) is 0 Å². The summed E-state index contributed by atoms with van der Waals surface area (Å²) in [7, 11) is 4.81. The minimum atomic E-state index is 0.336. The van der Waals surface area contributed by atoms with E-state index in [2.05, 4.69) is 37.2 Å². The topological polar surface area (TPSA) is 102 Å². The lowest BCUT2D eigenvalue weighted by molar-refractivity contribution is 0.174. The fourth-order valence-electron chi connectivity index (χ4n) is 3.57. The number of hydrogen-bond donors (Lipinski definition) is 0. The molecule has 10 heteroatoms. The third kappa shape index (κ3) is 3.34. The molecule has 0 bridgehead atoms. The van der Waals surface area contributed by atoms with E-state index in [0.717, 1.165) is 28.5 Å². The van der Waals surface area contributed by atoms with Crippen molar-refractivity contribution in [2.45, 2.75) is 13.2 Å². The molecule has 1 aromatic carbocycles. The summed E-state index contributed by atoms with van der Waals surface area (Å²) in [6.45, 7) is 0.819. The smallest absolute Gasteiger partial charge is 0.233 e. The monoisotopic (exact) mass is 429 g/mol. The van der Waals surface area contributed by atoms with Gasteiger partial charge in [0.05, 0.1) is 32.1 Å². The molecular weight excluding hydrogens is 410 g/mol. The molecule has 0 saturated heterocycles. The van der Waals surface area contributed by atoms with E-state index in [1.807, 2.05) is 27.3 Å². The Morgan fingerprint density at radius 3 is 2.62 bits per heavy atom. The van der Waals surface area contributed by atoms with Gasteiger partial charge in [0.25, 0.3) is 0 Å². The van der Waals surface area contributed by atoms with Crippen LogP contribution in [-0.2, 0) is 17.9 Å². The summed E-state index contributed by atoms with van der Waals surface area (Å²) in [5, 5.41) is 16.8. The number of rotatable bonds is 4. The van der Waals surface area contributed by atoms with Crippen LogP contribution in [-0.4, -0.2) is 55.8 Å². The predicted molar refractivity (Wildman–Crippen MR) is 114 cm³/mol. The number of fused-ring (bicyclic) bond motifs is 5. The molecule has 10 nitrogen and oxygen atoms in total. The molecule has 0 amide bonds. The molecule has 0 atom stereocenters. The maximum absolute atomic E-state index is 5.44. The highest BCUT2D eigenvalue weighted by Gasteiger charge is 2.26. The standard InChI is InChI=1S/C22H19N7O3/c1-30-12-20-25-27-22-16-10-15(31-2)6-8-18(16)29-13-23-17(19(29)11-28(20)22)7-4-14-5-9-21(32-3)26-24-14/h5-6,8-10,13H,11-12H2,1-3H3. The van der Waals surface area contributed by atoms with E-state index in [1.54, 1.807) is 39.8 Å². The van der Waals surface area contributed by atoms with Crippen molar-refractivity contribution in [1.82, 2.24) is 34.5 Å². The van der Waals surface area contributed by atoms with Gasteiger partial charge in [0.1, 0.15) is 30.1 Å². The lowest BCUT2D eigenvalue weighted by atomic mass is 10.1. The zero-order chi connectivity index (χ0) is 22.1. The summed E-state index contributed by atoms with van der Waals surface area (Å²) in [6.07, 6.45) is 1.76. The molecule has 4 aromatic rings. The lowest BCUT2D eigenvalue weighted by Gasteiger charge is -2.09.